The smallest absolute Gasteiger partial charge is 0.164 e. The molecule has 0 amide bonds. The molecule has 2 heterocycles. The Morgan fingerprint density at radius 2 is 0.862 bits per heavy atom. The van der Waals surface area contributed by atoms with E-state index < -0.39 is 0 Å². The van der Waals surface area contributed by atoms with Crippen LogP contribution in [0.15, 0.2) is 188 Å². The van der Waals surface area contributed by atoms with E-state index in [1.165, 1.54) is 59.1 Å². The number of hydrogen-bond acceptors (Lipinski definition) is 4. The number of nitrogens with zero attached hydrogens (tertiary/aromatic N) is 3. The molecular weight excluding hydrogens is 723 g/mol. The Balaban J connectivity index is 1.12. The number of hydrogen-bond donors (Lipinski definition) is 0. The molecule has 0 radical (unpaired) electrons. The Morgan fingerprint density at radius 1 is 0.345 bits per heavy atom. The Labute approximate surface area is 342 Å². The summed E-state index contributed by atoms with van der Waals surface area (Å²) in [5.41, 5.74) is 14.8. The quantitative estimate of drug-likeness (QED) is 0.169. The third-order valence-electron chi connectivity index (χ3n) is 11.7. The van der Waals surface area contributed by atoms with Crippen LogP contribution in [0.5, 0.6) is 0 Å². The van der Waals surface area contributed by atoms with Crippen LogP contribution in [0, 0.1) is 0 Å². The van der Waals surface area contributed by atoms with Crippen LogP contribution in [0.1, 0.15) is 25.0 Å². The molecule has 8 aromatic carbocycles. The monoisotopic (exact) mass is 759 g/mol. The largest absolute Gasteiger partial charge is 0.208 e. The van der Waals surface area contributed by atoms with Gasteiger partial charge < -0.3 is 0 Å². The predicted octanol–water partition coefficient (Wildman–Crippen LogP) is 14.5. The first-order chi connectivity index (χ1) is 28.5. The maximum absolute atomic E-state index is 5.32. The minimum absolute atomic E-state index is 0.146. The van der Waals surface area contributed by atoms with Crippen LogP contribution in [0.25, 0.3) is 98.8 Å². The van der Waals surface area contributed by atoms with E-state index in [2.05, 4.69) is 184 Å². The summed E-state index contributed by atoms with van der Waals surface area (Å²) in [4.78, 5) is 15.7. The van der Waals surface area contributed by atoms with Gasteiger partial charge in [0.05, 0.1) is 0 Å². The van der Waals surface area contributed by atoms with Crippen molar-refractivity contribution in [3.63, 3.8) is 0 Å². The van der Waals surface area contributed by atoms with Gasteiger partial charge in [-0.05, 0) is 86.0 Å². The van der Waals surface area contributed by atoms with Gasteiger partial charge in [0.15, 0.2) is 17.5 Å². The highest BCUT2D eigenvalue weighted by atomic mass is 32.1. The van der Waals surface area contributed by atoms with E-state index >= 15 is 0 Å². The second-order valence-corrected chi connectivity index (χ2v) is 16.7. The van der Waals surface area contributed by atoms with Crippen molar-refractivity contribution in [2.24, 2.45) is 0 Å². The van der Waals surface area contributed by atoms with Crippen molar-refractivity contribution in [1.82, 2.24) is 15.0 Å². The molecule has 0 saturated carbocycles. The fourth-order valence-electron chi connectivity index (χ4n) is 8.73. The number of thiophene rings is 1. The third kappa shape index (κ3) is 5.76. The molecule has 0 bridgehead atoms. The van der Waals surface area contributed by atoms with Crippen LogP contribution in [-0.4, -0.2) is 15.0 Å². The molecule has 274 valence electrons. The zero-order chi connectivity index (χ0) is 38.8. The second-order valence-electron chi connectivity index (χ2n) is 15.6. The van der Waals surface area contributed by atoms with Gasteiger partial charge in [-0.2, -0.15) is 0 Å². The van der Waals surface area contributed by atoms with Crippen molar-refractivity contribution < 1.29 is 0 Å². The molecule has 10 aromatic rings. The van der Waals surface area contributed by atoms with Gasteiger partial charge in [-0.3, -0.25) is 0 Å². The lowest BCUT2D eigenvalue weighted by Gasteiger charge is -2.21. The number of fused-ring (bicyclic) bond motifs is 6. The Kier molecular flexibility index (Phi) is 8.02. The number of aromatic nitrogens is 3. The summed E-state index contributed by atoms with van der Waals surface area (Å²) in [5.74, 6) is 1.94. The van der Waals surface area contributed by atoms with Crippen LogP contribution >= 0.6 is 11.3 Å². The van der Waals surface area contributed by atoms with Gasteiger partial charge in [0, 0.05) is 42.3 Å². The van der Waals surface area contributed by atoms with Crippen molar-refractivity contribution in [1.29, 1.82) is 0 Å². The molecule has 1 aliphatic carbocycles. The van der Waals surface area contributed by atoms with Crippen molar-refractivity contribution in [2.75, 3.05) is 0 Å². The normalized spacial score (nSPS) is 12.8. The molecular formula is C54H37N3S. The first kappa shape index (κ1) is 34.3. The van der Waals surface area contributed by atoms with Crippen LogP contribution in [0.3, 0.4) is 0 Å². The Hall–Kier alpha value is -7.01. The van der Waals surface area contributed by atoms with Gasteiger partial charge in [0.25, 0.3) is 0 Å². The summed E-state index contributed by atoms with van der Waals surface area (Å²) < 4.78 is 2.56. The number of benzene rings is 8. The third-order valence-corrected chi connectivity index (χ3v) is 13.0. The maximum atomic E-state index is 5.32. The molecule has 4 heteroatoms. The van der Waals surface area contributed by atoms with Crippen LogP contribution in [0.4, 0.5) is 0 Å². The first-order valence-electron chi connectivity index (χ1n) is 19.8. The molecule has 0 saturated heterocycles. The summed E-state index contributed by atoms with van der Waals surface area (Å²) in [6, 6.07) is 67.3. The Bertz CT molecular complexity index is 3180. The maximum Gasteiger partial charge on any atom is 0.164 e. The molecule has 11 rings (SSSR count). The summed E-state index contributed by atoms with van der Waals surface area (Å²) in [6.07, 6.45) is 0. The molecule has 58 heavy (non-hydrogen) atoms. The Morgan fingerprint density at radius 3 is 1.64 bits per heavy atom. The molecule has 0 aliphatic heterocycles. The van der Waals surface area contributed by atoms with Gasteiger partial charge in [-0.15, -0.1) is 11.3 Å². The summed E-state index contributed by atoms with van der Waals surface area (Å²) in [6.45, 7) is 4.62. The van der Waals surface area contributed by atoms with E-state index in [9.17, 15) is 0 Å². The molecule has 2 aromatic heterocycles. The van der Waals surface area contributed by atoms with Crippen molar-refractivity contribution >= 4 is 31.5 Å². The average Bonchev–Trinajstić information content (AvgIpc) is 3.78. The minimum Gasteiger partial charge on any atom is -0.208 e. The molecule has 0 N–H and O–H groups in total. The average molecular weight is 760 g/mol. The van der Waals surface area contributed by atoms with Gasteiger partial charge in [0.2, 0.25) is 0 Å². The lowest BCUT2D eigenvalue weighted by molar-refractivity contribution is 0.660. The van der Waals surface area contributed by atoms with E-state index in [-0.39, 0.29) is 5.41 Å². The predicted molar refractivity (Wildman–Crippen MR) is 243 cm³/mol. The van der Waals surface area contributed by atoms with Gasteiger partial charge in [-0.25, -0.2) is 15.0 Å². The van der Waals surface area contributed by atoms with Crippen molar-refractivity contribution in [3.05, 3.63) is 199 Å². The van der Waals surface area contributed by atoms with Gasteiger partial charge in [0.1, 0.15) is 0 Å². The molecule has 0 fully saturated rings. The van der Waals surface area contributed by atoms with E-state index in [1.54, 1.807) is 0 Å². The summed E-state index contributed by atoms with van der Waals surface area (Å²) in [5, 5.41) is 2.56. The molecule has 0 spiro atoms. The highest BCUT2D eigenvalue weighted by Gasteiger charge is 2.35. The molecule has 3 nitrogen and oxygen atoms in total. The SMILES string of the molecule is CC1(C)c2ccccc2-c2ccc(-c3nc(-c4ccccc4)nc(-c4cc(-c5ccc(-c6ccccc6)cc5)cc(-c5cccc6c5sc5ccccc56)c4)n3)cc21. The van der Waals surface area contributed by atoms with Crippen LogP contribution in [-0.2, 0) is 5.41 Å². The molecule has 1 aliphatic rings. The molecule has 0 unspecified atom stereocenters. The van der Waals surface area contributed by atoms with Gasteiger partial charge >= 0.3 is 0 Å². The topological polar surface area (TPSA) is 38.7 Å². The highest BCUT2D eigenvalue weighted by Crippen LogP contribution is 2.49. The summed E-state index contributed by atoms with van der Waals surface area (Å²) >= 11 is 1.85. The van der Waals surface area contributed by atoms with Crippen molar-refractivity contribution in [2.45, 2.75) is 19.3 Å². The van der Waals surface area contributed by atoms with E-state index in [4.69, 9.17) is 15.0 Å². The lowest BCUT2D eigenvalue weighted by Crippen LogP contribution is -2.15. The van der Waals surface area contributed by atoms with Gasteiger partial charge in [-0.1, -0.05) is 172 Å². The first-order valence-corrected chi connectivity index (χ1v) is 20.6. The second kappa shape index (κ2) is 13.6. The van der Waals surface area contributed by atoms with E-state index in [0.717, 1.165) is 33.4 Å². The summed E-state index contributed by atoms with van der Waals surface area (Å²) in [7, 11) is 0. The van der Waals surface area contributed by atoms with Crippen molar-refractivity contribution in [3.8, 4) is 78.7 Å². The highest BCUT2D eigenvalue weighted by molar-refractivity contribution is 7.26. The fraction of sp³-hybridized carbons (Fsp3) is 0.0556. The number of rotatable bonds is 6. The zero-order valence-electron chi connectivity index (χ0n) is 32.1. The van der Waals surface area contributed by atoms with E-state index in [1.807, 2.05) is 29.5 Å². The van der Waals surface area contributed by atoms with Crippen LogP contribution < -0.4 is 0 Å². The van der Waals surface area contributed by atoms with E-state index in [0.29, 0.717) is 17.5 Å². The standard InChI is InChI=1S/C54H37N3S/c1-54(2)47-22-11-9-18-43(47)44-29-28-38(33-48(44)54)52-55-51(37-16-7-4-8-17-37)56-53(57-52)41-31-39(36-26-24-35(25-27-36)34-14-5-3-6-15-34)30-40(32-41)42-20-13-21-46-45-19-10-12-23-49(45)58-50(42)46/h3-33H,1-2H3. The lowest BCUT2D eigenvalue weighted by atomic mass is 9.82. The van der Waals surface area contributed by atoms with Crippen LogP contribution in [0.2, 0.25) is 0 Å². The molecule has 0 atom stereocenters. The fourth-order valence-corrected chi connectivity index (χ4v) is 9.97. The zero-order valence-corrected chi connectivity index (χ0v) is 33.0. The minimum atomic E-state index is -0.146.